The molecule has 3 nitrogen and oxygen atoms in total. The Hall–Kier alpha value is -6.84. The predicted molar refractivity (Wildman–Crippen MR) is 215 cm³/mol. The van der Waals surface area contributed by atoms with Crippen LogP contribution < -0.4 is 0 Å². The molecule has 0 saturated carbocycles. The number of hydrogen-bond acceptors (Lipinski definition) is 0. The van der Waals surface area contributed by atoms with Crippen LogP contribution in [0.5, 0.6) is 0 Å². The molecule has 3 heterocycles. The van der Waals surface area contributed by atoms with E-state index in [4.69, 9.17) is 0 Å². The highest BCUT2D eigenvalue weighted by Gasteiger charge is 2.22. The molecular formula is C48H31N3. The van der Waals surface area contributed by atoms with Gasteiger partial charge in [0.25, 0.3) is 0 Å². The summed E-state index contributed by atoms with van der Waals surface area (Å²) in [6.07, 6.45) is 0. The fraction of sp³-hybridized carbons (Fsp3) is 0. The lowest BCUT2D eigenvalue weighted by Gasteiger charge is -2.13. The molecule has 0 radical (unpaired) electrons. The van der Waals surface area contributed by atoms with E-state index in [1.165, 1.54) is 76.5 Å². The van der Waals surface area contributed by atoms with E-state index in [1.54, 1.807) is 0 Å². The fourth-order valence-electron chi connectivity index (χ4n) is 8.46. The number of nitrogens with zero attached hydrogens (tertiary/aromatic N) is 3. The van der Waals surface area contributed by atoms with Gasteiger partial charge in [-0.2, -0.15) is 0 Å². The summed E-state index contributed by atoms with van der Waals surface area (Å²) >= 11 is 0. The lowest BCUT2D eigenvalue weighted by molar-refractivity contribution is 1.16. The van der Waals surface area contributed by atoms with Gasteiger partial charge in [0, 0.05) is 49.4 Å². The summed E-state index contributed by atoms with van der Waals surface area (Å²) in [6.45, 7) is 0. The van der Waals surface area contributed by atoms with E-state index in [1.807, 2.05) is 0 Å². The van der Waals surface area contributed by atoms with Gasteiger partial charge in [-0.25, -0.2) is 0 Å². The van der Waals surface area contributed by atoms with Gasteiger partial charge in [-0.15, -0.1) is 0 Å². The minimum Gasteiger partial charge on any atom is -0.309 e. The van der Waals surface area contributed by atoms with E-state index in [0.717, 1.165) is 17.1 Å². The zero-order valence-corrected chi connectivity index (χ0v) is 27.7. The summed E-state index contributed by atoms with van der Waals surface area (Å²) in [5, 5.41) is 7.50. The second-order valence-corrected chi connectivity index (χ2v) is 13.4. The molecule has 0 N–H and O–H groups in total. The molecule has 8 aromatic carbocycles. The zero-order chi connectivity index (χ0) is 33.5. The van der Waals surface area contributed by atoms with Crippen molar-refractivity contribution in [3.63, 3.8) is 0 Å². The molecule has 0 atom stereocenters. The van der Waals surface area contributed by atoms with Crippen LogP contribution in [0.15, 0.2) is 188 Å². The van der Waals surface area contributed by atoms with Gasteiger partial charge in [-0.05, 0) is 71.8 Å². The summed E-state index contributed by atoms with van der Waals surface area (Å²) in [4.78, 5) is 0. The first-order valence-electron chi connectivity index (χ1n) is 17.5. The maximum atomic E-state index is 2.51. The Morgan fingerprint density at radius 1 is 0.255 bits per heavy atom. The molecule has 0 unspecified atom stereocenters. The SMILES string of the molecule is c1ccc(-c2cccc(-n3c4cc(-n5c6ccccc6c6ccccc65)ccc4c4ccc5c(c6ccccc6n5-c5ccccc5)c43)c2)cc1. The maximum absolute atomic E-state index is 2.51. The predicted octanol–water partition coefficient (Wildman–Crippen LogP) is 12.6. The largest absolute Gasteiger partial charge is 0.309 e. The monoisotopic (exact) mass is 649 g/mol. The number of para-hydroxylation sites is 4. The molecule has 0 bridgehead atoms. The third-order valence-electron chi connectivity index (χ3n) is 10.6. The van der Waals surface area contributed by atoms with E-state index >= 15 is 0 Å². The van der Waals surface area contributed by atoms with Crippen molar-refractivity contribution in [2.24, 2.45) is 0 Å². The first-order chi connectivity index (χ1) is 25.3. The fourth-order valence-corrected chi connectivity index (χ4v) is 8.46. The Morgan fingerprint density at radius 2 is 0.765 bits per heavy atom. The summed E-state index contributed by atoms with van der Waals surface area (Å²) in [5.74, 6) is 0. The van der Waals surface area contributed by atoms with Crippen LogP contribution in [0.3, 0.4) is 0 Å². The number of aromatic nitrogens is 3. The van der Waals surface area contributed by atoms with Gasteiger partial charge in [-0.1, -0.05) is 127 Å². The van der Waals surface area contributed by atoms with Crippen LogP contribution in [0.2, 0.25) is 0 Å². The van der Waals surface area contributed by atoms with Gasteiger partial charge in [0.15, 0.2) is 0 Å². The summed E-state index contributed by atoms with van der Waals surface area (Å²) < 4.78 is 7.35. The molecule has 11 rings (SSSR count). The van der Waals surface area contributed by atoms with Crippen LogP contribution >= 0.6 is 0 Å². The van der Waals surface area contributed by atoms with Crippen LogP contribution in [-0.4, -0.2) is 13.7 Å². The van der Waals surface area contributed by atoms with Crippen molar-refractivity contribution >= 4 is 65.4 Å². The van der Waals surface area contributed by atoms with Crippen LogP contribution in [0, 0.1) is 0 Å². The van der Waals surface area contributed by atoms with Crippen LogP contribution in [0.25, 0.3) is 93.6 Å². The van der Waals surface area contributed by atoms with Crippen LogP contribution in [0.4, 0.5) is 0 Å². The lowest BCUT2D eigenvalue weighted by atomic mass is 10.0. The van der Waals surface area contributed by atoms with Gasteiger partial charge in [0.05, 0.1) is 33.1 Å². The Bertz CT molecular complexity index is 3070. The van der Waals surface area contributed by atoms with E-state index in [0.29, 0.717) is 0 Å². The first-order valence-corrected chi connectivity index (χ1v) is 17.5. The Morgan fingerprint density at radius 3 is 1.49 bits per heavy atom. The van der Waals surface area contributed by atoms with Gasteiger partial charge in [0.2, 0.25) is 0 Å². The van der Waals surface area contributed by atoms with Gasteiger partial charge in [0.1, 0.15) is 0 Å². The van der Waals surface area contributed by atoms with Crippen molar-refractivity contribution in [3.8, 4) is 28.2 Å². The van der Waals surface area contributed by atoms with E-state index < -0.39 is 0 Å². The maximum Gasteiger partial charge on any atom is 0.0641 e. The van der Waals surface area contributed by atoms with E-state index in [9.17, 15) is 0 Å². The normalized spacial score (nSPS) is 11.9. The molecule has 0 aliphatic rings. The molecule has 11 aromatic rings. The molecule has 0 saturated heterocycles. The molecule has 3 aromatic heterocycles. The third-order valence-corrected chi connectivity index (χ3v) is 10.6. The number of rotatable bonds is 4. The number of benzene rings is 8. The highest BCUT2D eigenvalue weighted by Crippen LogP contribution is 2.43. The van der Waals surface area contributed by atoms with Gasteiger partial charge < -0.3 is 13.7 Å². The van der Waals surface area contributed by atoms with Crippen molar-refractivity contribution < 1.29 is 0 Å². The smallest absolute Gasteiger partial charge is 0.0641 e. The molecule has 0 fully saturated rings. The van der Waals surface area contributed by atoms with Crippen molar-refractivity contribution in [3.05, 3.63) is 188 Å². The minimum atomic E-state index is 1.14. The molecule has 0 amide bonds. The van der Waals surface area contributed by atoms with E-state index in [2.05, 4.69) is 202 Å². The summed E-state index contributed by atoms with van der Waals surface area (Å²) in [5.41, 5.74) is 13.1. The average molecular weight is 650 g/mol. The Kier molecular flexibility index (Phi) is 5.96. The lowest BCUT2D eigenvalue weighted by Crippen LogP contribution is -1.98. The standard InChI is InChI=1S/C48H31N3/c1-3-14-32(15-4-1)33-16-13-19-35(30-33)51-46-31-36(50-42-23-10-7-20-37(42)38-21-8-11-24-43(38)50)26-27-39(46)40-28-29-45-47(48(40)51)41-22-9-12-25-44(41)49(45)34-17-5-2-6-18-34/h1-31H. The number of fused-ring (bicyclic) bond motifs is 10. The minimum absolute atomic E-state index is 1.14. The van der Waals surface area contributed by atoms with Crippen molar-refractivity contribution in [2.75, 3.05) is 0 Å². The van der Waals surface area contributed by atoms with Crippen LogP contribution in [0.1, 0.15) is 0 Å². The van der Waals surface area contributed by atoms with Crippen LogP contribution in [-0.2, 0) is 0 Å². The molecule has 0 spiro atoms. The molecule has 3 heteroatoms. The number of hydrogen-bond donors (Lipinski definition) is 0. The Balaban J connectivity index is 1.30. The molecule has 238 valence electrons. The van der Waals surface area contributed by atoms with Gasteiger partial charge in [-0.3, -0.25) is 0 Å². The highest BCUT2D eigenvalue weighted by atomic mass is 15.0. The van der Waals surface area contributed by atoms with Crippen molar-refractivity contribution in [1.29, 1.82) is 0 Å². The average Bonchev–Trinajstić information content (AvgIpc) is 3.84. The quantitative estimate of drug-likeness (QED) is 0.180. The topological polar surface area (TPSA) is 14.8 Å². The first kappa shape index (κ1) is 28.0. The van der Waals surface area contributed by atoms with Crippen molar-refractivity contribution in [2.45, 2.75) is 0 Å². The van der Waals surface area contributed by atoms with E-state index in [-0.39, 0.29) is 0 Å². The summed E-state index contributed by atoms with van der Waals surface area (Å²) in [6, 6.07) is 68.4. The van der Waals surface area contributed by atoms with Crippen molar-refractivity contribution in [1.82, 2.24) is 13.7 Å². The second kappa shape index (κ2) is 10.8. The molecule has 51 heavy (non-hydrogen) atoms. The highest BCUT2D eigenvalue weighted by molar-refractivity contribution is 6.26. The molecular weight excluding hydrogens is 619 g/mol. The second-order valence-electron chi connectivity index (χ2n) is 13.4. The van der Waals surface area contributed by atoms with Gasteiger partial charge >= 0.3 is 0 Å². The zero-order valence-electron chi connectivity index (χ0n) is 27.7. The summed E-state index contributed by atoms with van der Waals surface area (Å²) in [7, 11) is 0. The molecule has 0 aliphatic heterocycles. The third kappa shape index (κ3) is 4.06. The Labute approximate surface area is 294 Å². The molecule has 0 aliphatic carbocycles.